The number of hydrogen-bond acceptors (Lipinski definition) is 8. The van der Waals surface area contributed by atoms with Gasteiger partial charge < -0.3 is 19.8 Å². The van der Waals surface area contributed by atoms with E-state index in [1.165, 1.54) is 6.33 Å². The van der Waals surface area contributed by atoms with E-state index in [1.807, 2.05) is 31.7 Å². The second-order valence-electron chi connectivity index (χ2n) is 8.50. The molecular formula is C19H30FN5O3. The molecule has 3 aliphatic rings. The Kier molecular flexibility index (Phi) is 5.54. The Balaban J connectivity index is 1.53. The fourth-order valence-corrected chi connectivity index (χ4v) is 4.74. The number of hydrogen-bond donors (Lipinski definition) is 4. The molecule has 0 amide bonds. The number of aliphatic hydroxyl groups excluding tert-OH is 2. The Morgan fingerprint density at radius 3 is 2.71 bits per heavy atom. The normalized spacial score (nSPS) is 40.9. The van der Waals surface area contributed by atoms with Gasteiger partial charge in [-0.25, -0.2) is 19.8 Å². The first kappa shape index (κ1) is 19.9. The van der Waals surface area contributed by atoms with E-state index in [9.17, 15) is 14.6 Å². The number of β-amino-alcohol motifs (C(OH)–C–C–N with tert-alkyl or cyclic N) is 1. The molecule has 0 aromatic carbocycles. The fraction of sp³-hybridized carbons (Fsp3) is 0.789. The molecule has 2 aliphatic heterocycles. The summed E-state index contributed by atoms with van der Waals surface area (Å²) in [5.41, 5.74) is 7.31. The molecule has 156 valence electrons. The quantitative estimate of drug-likeness (QED) is 0.583. The van der Waals surface area contributed by atoms with Gasteiger partial charge in [-0.2, -0.15) is 0 Å². The van der Waals surface area contributed by atoms with E-state index in [-0.39, 0.29) is 30.1 Å². The number of aromatic nitrogens is 2. The van der Waals surface area contributed by atoms with Crippen LogP contribution < -0.4 is 15.8 Å². The largest absolute Gasteiger partial charge is 0.388 e. The molecule has 0 radical (unpaired) electrons. The van der Waals surface area contributed by atoms with Gasteiger partial charge in [0, 0.05) is 24.6 Å². The highest BCUT2D eigenvalue weighted by atomic mass is 19.1. The third-order valence-electron chi connectivity index (χ3n) is 6.25. The zero-order valence-electron chi connectivity index (χ0n) is 16.5. The molecule has 3 heterocycles. The summed E-state index contributed by atoms with van der Waals surface area (Å²) in [6, 6.07) is 1.61. The van der Waals surface area contributed by atoms with E-state index in [2.05, 4.69) is 20.8 Å². The lowest BCUT2D eigenvalue weighted by Crippen LogP contribution is -2.44. The predicted molar refractivity (Wildman–Crippen MR) is 101 cm³/mol. The molecule has 1 aromatic heterocycles. The van der Waals surface area contributed by atoms with Gasteiger partial charge in [0.1, 0.15) is 24.4 Å². The van der Waals surface area contributed by atoms with Crippen LogP contribution in [0.5, 0.6) is 0 Å². The number of nitrogens with one attached hydrogen (secondary N) is 2. The summed E-state index contributed by atoms with van der Waals surface area (Å²) in [6.45, 7) is 6.05. The molecule has 2 saturated heterocycles. The maximum atomic E-state index is 14.5. The number of halogens is 1. The molecule has 4 rings (SSSR count). The molecule has 1 aromatic rings. The van der Waals surface area contributed by atoms with E-state index >= 15 is 0 Å². The number of anilines is 1. The van der Waals surface area contributed by atoms with Crippen LogP contribution in [-0.4, -0.2) is 69.4 Å². The topological polar surface area (TPSA) is 103 Å². The molecular weight excluding hydrogens is 365 g/mol. The highest BCUT2D eigenvalue weighted by molar-refractivity contribution is 5.43. The summed E-state index contributed by atoms with van der Waals surface area (Å²) in [4.78, 5) is 10.7. The molecule has 1 aliphatic carbocycles. The first-order valence-corrected chi connectivity index (χ1v) is 10.1. The number of hydrazine groups is 1. The average Bonchev–Trinajstić information content (AvgIpc) is 3.17. The summed E-state index contributed by atoms with van der Waals surface area (Å²) in [6.07, 6.45) is -0.466. The van der Waals surface area contributed by atoms with Crippen molar-refractivity contribution in [3.05, 3.63) is 18.1 Å². The van der Waals surface area contributed by atoms with Gasteiger partial charge in [-0.05, 0) is 33.6 Å². The van der Waals surface area contributed by atoms with Gasteiger partial charge in [0.25, 0.3) is 0 Å². The molecule has 0 bridgehead atoms. The van der Waals surface area contributed by atoms with Crippen LogP contribution in [0.3, 0.4) is 0 Å². The van der Waals surface area contributed by atoms with Crippen molar-refractivity contribution in [2.24, 2.45) is 5.92 Å². The second-order valence-corrected chi connectivity index (χ2v) is 8.50. The van der Waals surface area contributed by atoms with Crippen LogP contribution >= 0.6 is 0 Å². The monoisotopic (exact) mass is 395 g/mol. The van der Waals surface area contributed by atoms with Crippen LogP contribution in [0.15, 0.2) is 12.4 Å². The van der Waals surface area contributed by atoms with Crippen molar-refractivity contribution in [1.82, 2.24) is 20.8 Å². The average molecular weight is 395 g/mol. The Morgan fingerprint density at radius 2 is 2.04 bits per heavy atom. The summed E-state index contributed by atoms with van der Waals surface area (Å²) in [5.74, 6) is 0.832. The molecule has 28 heavy (non-hydrogen) atoms. The SMILES string of the molecule is CC(C)OC1CC2C(CC1F)NNC2c1cc(N2C[C@H](O)[C@@H](O)[C@@H]2C)ncn1. The highest BCUT2D eigenvalue weighted by Gasteiger charge is 2.46. The van der Waals surface area contributed by atoms with Gasteiger partial charge in [-0.1, -0.05) is 0 Å². The summed E-state index contributed by atoms with van der Waals surface area (Å²) in [5, 5.41) is 20.0. The predicted octanol–water partition coefficient (Wildman–Crippen LogP) is 0.466. The molecule has 4 N–H and O–H groups in total. The zero-order valence-corrected chi connectivity index (χ0v) is 16.5. The van der Waals surface area contributed by atoms with Crippen molar-refractivity contribution < 1.29 is 19.3 Å². The minimum absolute atomic E-state index is 0.0132. The summed E-state index contributed by atoms with van der Waals surface area (Å²) in [7, 11) is 0. The standard InChI is InChI=1S/C19H30FN5O3/c1-9(2)28-16-4-11-13(5-12(16)20)23-24-18(11)14-6-17(22-8-21-14)25-7-15(26)19(27)10(25)3/h6,8-13,15-16,18-19,23-24,26-27H,4-5,7H2,1-3H3/t10-,11?,12?,13?,15-,16?,18?,19-/m0/s1. The van der Waals surface area contributed by atoms with Crippen molar-refractivity contribution >= 4 is 5.82 Å². The van der Waals surface area contributed by atoms with E-state index in [4.69, 9.17) is 4.74 Å². The molecule has 8 nitrogen and oxygen atoms in total. The lowest BCUT2D eigenvalue weighted by Gasteiger charge is -2.36. The van der Waals surface area contributed by atoms with Gasteiger partial charge in [0.15, 0.2) is 0 Å². The number of fused-ring (bicyclic) bond motifs is 1. The van der Waals surface area contributed by atoms with E-state index in [0.717, 1.165) is 5.69 Å². The van der Waals surface area contributed by atoms with Crippen molar-refractivity contribution in [1.29, 1.82) is 0 Å². The Bertz CT molecular complexity index is 695. The smallest absolute Gasteiger partial charge is 0.132 e. The maximum Gasteiger partial charge on any atom is 0.132 e. The van der Waals surface area contributed by atoms with E-state index in [1.54, 1.807) is 0 Å². The molecule has 0 spiro atoms. The number of alkyl halides is 1. The molecule has 8 atom stereocenters. The molecule has 9 heteroatoms. The van der Waals surface area contributed by atoms with Crippen LogP contribution in [0.4, 0.5) is 10.2 Å². The van der Waals surface area contributed by atoms with E-state index in [0.29, 0.717) is 25.2 Å². The first-order chi connectivity index (χ1) is 13.3. The zero-order chi connectivity index (χ0) is 20.0. The Labute approximate surface area is 164 Å². The van der Waals surface area contributed by atoms with Crippen LogP contribution in [0.25, 0.3) is 0 Å². The van der Waals surface area contributed by atoms with Crippen LogP contribution in [0.1, 0.15) is 45.3 Å². The van der Waals surface area contributed by atoms with Crippen molar-refractivity contribution in [2.75, 3.05) is 11.4 Å². The lowest BCUT2D eigenvalue weighted by molar-refractivity contribution is -0.0708. The molecule has 1 saturated carbocycles. The first-order valence-electron chi connectivity index (χ1n) is 10.1. The highest BCUT2D eigenvalue weighted by Crippen LogP contribution is 2.40. The third kappa shape index (κ3) is 3.61. The third-order valence-corrected chi connectivity index (χ3v) is 6.25. The number of nitrogens with zero attached hydrogens (tertiary/aromatic N) is 3. The fourth-order valence-electron chi connectivity index (χ4n) is 4.74. The van der Waals surface area contributed by atoms with Gasteiger partial charge in [0.05, 0.1) is 36.1 Å². The molecule has 5 unspecified atom stereocenters. The van der Waals surface area contributed by atoms with Crippen LogP contribution in [-0.2, 0) is 4.74 Å². The number of aliphatic hydroxyl groups is 2. The summed E-state index contributed by atoms with van der Waals surface area (Å²) < 4.78 is 20.3. The number of ether oxygens (including phenoxy) is 1. The summed E-state index contributed by atoms with van der Waals surface area (Å²) >= 11 is 0. The van der Waals surface area contributed by atoms with E-state index < -0.39 is 24.5 Å². The van der Waals surface area contributed by atoms with Gasteiger partial charge in [0.2, 0.25) is 0 Å². The van der Waals surface area contributed by atoms with Gasteiger partial charge >= 0.3 is 0 Å². The maximum absolute atomic E-state index is 14.5. The Hall–Kier alpha value is -1.39. The minimum Gasteiger partial charge on any atom is -0.388 e. The van der Waals surface area contributed by atoms with Crippen molar-refractivity contribution in [3.63, 3.8) is 0 Å². The Morgan fingerprint density at radius 1 is 1.25 bits per heavy atom. The van der Waals surface area contributed by atoms with Crippen LogP contribution in [0, 0.1) is 5.92 Å². The van der Waals surface area contributed by atoms with Crippen LogP contribution in [0.2, 0.25) is 0 Å². The second kappa shape index (κ2) is 7.79. The van der Waals surface area contributed by atoms with Gasteiger partial charge in [-0.15, -0.1) is 0 Å². The minimum atomic E-state index is -0.980. The van der Waals surface area contributed by atoms with Gasteiger partial charge in [-0.3, -0.25) is 5.43 Å². The molecule has 3 fully saturated rings. The number of rotatable bonds is 4. The van der Waals surface area contributed by atoms with Crippen molar-refractivity contribution in [2.45, 2.75) is 82.3 Å². The van der Waals surface area contributed by atoms with Crippen molar-refractivity contribution in [3.8, 4) is 0 Å². The lowest BCUT2D eigenvalue weighted by atomic mass is 9.78.